The van der Waals surface area contributed by atoms with Crippen molar-refractivity contribution < 1.29 is 14.3 Å². The Morgan fingerprint density at radius 3 is 2.57 bits per heavy atom. The third-order valence-corrected chi connectivity index (χ3v) is 5.08. The Hall–Kier alpha value is -3.27. The fraction of sp³-hybridized carbons (Fsp3) is 0.435. The zero-order valence-corrected chi connectivity index (χ0v) is 17.6. The van der Waals surface area contributed by atoms with E-state index in [1.165, 1.54) is 0 Å². The number of amides is 2. The minimum Gasteiger partial charge on any atom is -0.449 e. The molecule has 0 unspecified atom stereocenters. The van der Waals surface area contributed by atoms with Gasteiger partial charge in [-0.2, -0.15) is 5.26 Å². The number of para-hydroxylation sites is 1. The molecular formula is C23H28N4O3. The standard InChI is InChI=1S/C23H28N4O3/c1-18(2)17-30-23(29)26-14-12-25(13-15-26)22(28)9-8-19-16-27(11-5-10-24)21-7-4-3-6-20(19)21/h3-4,6-9,16,18H,5,11-15,17H2,1-2H3/b9-8+. The molecule has 2 amide bonds. The fourth-order valence-electron chi connectivity index (χ4n) is 3.47. The summed E-state index contributed by atoms with van der Waals surface area (Å²) in [4.78, 5) is 28.1. The normalized spacial score (nSPS) is 14.5. The molecule has 0 N–H and O–H groups in total. The summed E-state index contributed by atoms with van der Waals surface area (Å²) in [5.41, 5.74) is 2.00. The molecule has 0 bridgehead atoms. The Morgan fingerprint density at radius 1 is 1.17 bits per heavy atom. The van der Waals surface area contributed by atoms with Gasteiger partial charge in [-0.15, -0.1) is 0 Å². The zero-order valence-electron chi connectivity index (χ0n) is 17.6. The van der Waals surface area contributed by atoms with Gasteiger partial charge in [-0.1, -0.05) is 32.0 Å². The van der Waals surface area contributed by atoms with Gasteiger partial charge in [-0.05, 0) is 18.1 Å². The number of carbonyl (C=O) groups is 2. The lowest BCUT2D eigenvalue weighted by molar-refractivity contribution is -0.127. The summed E-state index contributed by atoms with van der Waals surface area (Å²) in [6, 6.07) is 10.1. The molecule has 0 spiro atoms. The monoisotopic (exact) mass is 408 g/mol. The van der Waals surface area contributed by atoms with Gasteiger partial charge in [-0.3, -0.25) is 4.79 Å². The average Bonchev–Trinajstić information content (AvgIpc) is 3.12. The fourth-order valence-corrected chi connectivity index (χ4v) is 3.47. The van der Waals surface area contributed by atoms with Crippen molar-refractivity contribution >= 4 is 29.0 Å². The van der Waals surface area contributed by atoms with E-state index in [-0.39, 0.29) is 12.0 Å². The van der Waals surface area contributed by atoms with Gasteiger partial charge < -0.3 is 19.1 Å². The SMILES string of the molecule is CC(C)COC(=O)N1CCN(C(=O)/C=C/c2cn(CCC#N)c3ccccc23)CC1. The third kappa shape index (κ3) is 5.20. The molecule has 0 aliphatic carbocycles. The van der Waals surface area contributed by atoms with Gasteiger partial charge in [-0.25, -0.2) is 4.79 Å². The number of ether oxygens (including phenoxy) is 1. The number of nitrogens with zero attached hydrogens (tertiary/aromatic N) is 4. The van der Waals surface area contributed by atoms with E-state index in [4.69, 9.17) is 10.00 Å². The molecule has 2 heterocycles. The van der Waals surface area contributed by atoms with Crippen LogP contribution in [0.1, 0.15) is 25.8 Å². The minimum absolute atomic E-state index is 0.0703. The lowest BCUT2D eigenvalue weighted by atomic mass is 10.1. The molecule has 1 fully saturated rings. The quantitative estimate of drug-likeness (QED) is 0.685. The van der Waals surface area contributed by atoms with Crippen LogP contribution in [0.3, 0.4) is 0 Å². The molecule has 3 rings (SSSR count). The van der Waals surface area contributed by atoms with E-state index in [0.717, 1.165) is 16.5 Å². The minimum atomic E-state index is -0.309. The lowest BCUT2D eigenvalue weighted by Crippen LogP contribution is -2.50. The van der Waals surface area contributed by atoms with E-state index >= 15 is 0 Å². The summed E-state index contributed by atoms with van der Waals surface area (Å²) >= 11 is 0. The van der Waals surface area contributed by atoms with Crippen molar-refractivity contribution in [1.29, 1.82) is 5.26 Å². The van der Waals surface area contributed by atoms with E-state index in [0.29, 0.717) is 51.7 Å². The molecule has 7 heteroatoms. The van der Waals surface area contributed by atoms with Gasteiger partial charge in [0.2, 0.25) is 5.91 Å². The number of hydrogen-bond acceptors (Lipinski definition) is 4. The molecule has 30 heavy (non-hydrogen) atoms. The highest BCUT2D eigenvalue weighted by Crippen LogP contribution is 2.23. The van der Waals surface area contributed by atoms with Gasteiger partial charge >= 0.3 is 6.09 Å². The van der Waals surface area contributed by atoms with Crippen LogP contribution in [0, 0.1) is 17.2 Å². The first-order valence-electron chi connectivity index (χ1n) is 10.3. The number of aromatic nitrogens is 1. The molecule has 2 aromatic rings. The molecule has 0 radical (unpaired) electrons. The summed E-state index contributed by atoms with van der Waals surface area (Å²) < 4.78 is 7.31. The summed E-state index contributed by atoms with van der Waals surface area (Å²) in [6.07, 6.45) is 5.52. The van der Waals surface area contributed by atoms with Crippen LogP contribution in [0.4, 0.5) is 4.79 Å². The lowest BCUT2D eigenvalue weighted by Gasteiger charge is -2.33. The maximum atomic E-state index is 12.6. The van der Waals surface area contributed by atoms with Crippen LogP contribution in [0.5, 0.6) is 0 Å². The second-order valence-corrected chi connectivity index (χ2v) is 7.82. The molecular weight excluding hydrogens is 380 g/mol. The van der Waals surface area contributed by atoms with Gasteiger partial charge in [0.05, 0.1) is 19.1 Å². The molecule has 1 aromatic carbocycles. The van der Waals surface area contributed by atoms with Crippen molar-refractivity contribution in [3.63, 3.8) is 0 Å². The average molecular weight is 409 g/mol. The van der Waals surface area contributed by atoms with E-state index < -0.39 is 0 Å². The molecule has 7 nitrogen and oxygen atoms in total. The highest BCUT2D eigenvalue weighted by Gasteiger charge is 2.24. The van der Waals surface area contributed by atoms with E-state index in [9.17, 15) is 9.59 Å². The van der Waals surface area contributed by atoms with E-state index in [1.54, 1.807) is 15.9 Å². The van der Waals surface area contributed by atoms with Crippen molar-refractivity contribution in [2.45, 2.75) is 26.8 Å². The Balaban J connectivity index is 1.61. The van der Waals surface area contributed by atoms with Crippen LogP contribution in [-0.2, 0) is 16.1 Å². The van der Waals surface area contributed by atoms with Crippen LogP contribution in [0.15, 0.2) is 36.5 Å². The van der Waals surface area contributed by atoms with Crippen LogP contribution < -0.4 is 0 Å². The molecule has 0 saturated carbocycles. The summed E-state index contributed by atoms with van der Waals surface area (Å²) in [5, 5.41) is 9.93. The number of rotatable bonds is 6. The number of carbonyl (C=O) groups excluding carboxylic acids is 2. The van der Waals surface area contributed by atoms with Crippen LogP contribution in [-0.4, -0.2) is 59.2 Å². The Labute approximate surface area is 177 Å². The molecule has 1 aliphatic heterocycles. The van der Waals surface area contributed by atoms with Crippen molar-refractivity contribution in [2.24, 2.45) is 5.92 Å². The van der Waals surface area contributed by atoms with Gasteiger partial charge in [0.1, 0.15) is 0 Å². The summed E-state index contributed by atoms with van der Waals surface area (Å²) in [5.74, 6) is 0.229. The largest absolute Gasteiger partial charge is 0.449 e. The first-order valence-corrected chi connectivity index (χ1v) is 10.3. The first kappa shape index (κ1) is 21.4. The van der Waals surface area contributed by atoms with Gasteiger partial charge in [0.25, 0.3) is 0 Å². The van der Waals surface area contributed by atoms with E-state index in [1.807, 2.05) is 55.0 Å². The van der Waals surface area contributed by atoms with E-state index in [2.05, 4.69) is 6.07 Å². The maximum Gasteiger partial charge on any atom is 0.409 e. The number of piperazine rings is 1. The highest BCUT2D eigenvalue weighted by molar-refractivity contribution is 5.96. The Kier molecular flexibility index (Phi) is 7.12. The number of aryl methyl sites for hydroxylation is 1. The molecule has 1 saturated heterocycles. The molecule has 0 atom stereocenters. The number of hydrogen-bond donors (Lipinski definition) is 0. The second kappa shape index (κ2) is 9.97. The van der Waals surface area contributed by atoms with Crippen molar-refractivity contribution in [2.75, 3.05) is 32.8 Å². The van der Waals surface area contributed by atoms with Crippen LogP contribution >= 0.6 is 0 Å². The Bertz CT molecular complexity index is 962. The number of benzene rings is 1. The number of fused-ring (bicyclic) bond motifs is 1. The predicted octanol–water partition coefficient (Wildman–Crippen LogP) is 3.50. The topological polar surface area (TPSA) is 78.6 Å². The van der Waals surface area contributed by atoms with Crippen molar-refractivity contribution in [3.8, 4) is 6.07 Å². The smallest absolute Gasteiger partial charge is 0.409 e. The molecule has 1 aliphatic rings. The third-order valence-electron chi connectivity index (χ3n) is 5.08. The van der Waals surface area contributed by atoms with Crippen LogP contribution in [0.25, 0.3) is 17.0 Å². The van der Waals surface area contributed by atoms with Crippen molar-refractivity contribution in [3.05, 3.63) is 42.1 Å². The Morgan fingerprint density at radius 2 is 1.87 bits per heavy atom. The first-order chi connectivity index (χ1) is 14.5. The predicted molar refractivity (Wildman–Crippen MR) is 116 cm³/mol. The molecule has 1 aromatic heterocycles. The second-order valence-electron chi connectivity index (χ2n) is 7.82. The van der Waals surface area contributed by atoms with Gasteiger partial charge in [0, 0.05) is 61.5 Å². The van der Waals surface area contributed by atoms with Gasteiger partial charge in [0.15, 0.2) is 0 Å². The zero-order chi connectivity index (χ0) is 21.5. The summed E-state index contributed by atoms with van der Waals surface area (Å²) in [7, 11) is 0. The maximum absolute atomic E-state index is 12.6. The number of nitriles is 1. The summed E-state index contributed by atoms with van der Waals surface area (Å²) in [6.45, 7) is 6.95. The highest BCUT2D eigenvalue weighted by atomic mass is 16.6. The molecule has 158 valence electrons. The van der Waals surface area contributed by atoms with Crippen molar-refractivity contribution in [1.82, 2.24) is 14.4 Å². The van der Waals surface area contributed by atoms with Crippen LogP contribution in [0.2, 0.25) is 0 Å².